The average Bonchev–Trinajstić information content (AvgIpc) is 2.22. The predicted molar refractivity (Wildman–Crippen MR) is 82.3 cm³/mol. The Bertz CT molecular complexity index is 524. The van der Waals surface area contributed by atoms with Crippen molar-refractivity contribution in [1.82, 2.24) is 0 Å². The van der Waals surface area contributed by atoms with E-state index in [2.05, 4.69) is 0 Å². The van der Waals surface area contributed by atoms with E-state index in [0.717, 1.165) is 6.26 Å². The second kappa shape index (κ2) is 5.93. The Morgan fingerprint density at radius 1 is 0.950 bits per heavy atom. The van der Waals surface area contributed by atoms with Gasteiger partial charge >= 0.3 is 0 Å². The van der Waals surface area contributed by atoms with Gasteiger partial charge in [0.15, 0.2) is 19.7 Å². The molecule has 0 saturated carbocycles. The van der Waals surface area contributed by atoms with Gasteiger partial charge in [-0.3, -0.25) is 0 Å². The maximum Gasteiger partial charge on any atom is 0.153 e. The molecule has 3 unspecified atom stereocenters. The minimum atomic E-state index is -3.42. The number of sulfone groups is 2. The Labute approximate surface area is 123 Å². The molecule has 5 nitrogen and oxygen atoms in total. The van der Waals surface area contributed by atoms with Gasteiger partial charge < -0.3 is 5.11 Å². The molecule has 0 fully saturated rings. The van der Waals surface area contributed by atoms with Crippen molar-refractivity contribution < 1.29 is 21.9 Å². The van der Waals surface area contributed by atoms with Crippen LogP contribution in [0.25, 0.3) is 0 Å². The van der Waals surface area contributed by atoms with Crippen LogP contribution in [0.15, 0.2) is 0 Å². The first kappa shape index (κ1) is 19.9. The summed E-state index contributed by atoms with van der Waals surface area (Å²) in [7, 11) is -6.81. The lowest BCUT2D eigenvalue weighted by Crippen LogP contribution is -2.44. The van der Waals surface area contributed by atoms with E-state index >= 15 is 0 Å². The minimum absolute atomic E-state index is 0.0933. The van der Waals surface area contributed by atoms with E-state index in [9.17, 15) is 21.9 Å². The van der Waals surface area contributed by atoms with E-state index in [1.807, 2.05) is 20.8 Å². The largest absolute Gasteiger partial charge is 0.389 e. The first-order valence-corrected chi connectivity index (χ1v) is 10.3. The van der Waals surface area contributed by atoms with Gasteiger partial charge in [0.1, 0.15) is 0 Å². The molecule has 0 rings (SSSR count). The molecule has 122 valence electrons. The highest BCUT2D eigenvalue weighted by atomic mass is 32.2. The van der Waals surface area contributed by atoms with E-state index in [0.29, 0.717) is 0 Å². The van der Waals surface area contributed by atoms with Crippen molar-refractivity contribution in [2.45, 2.75) is 64.1 Å². The van der Waals surface area contributed by atoms with Gasteiger partial charge in [-0.25, -0.2) is 16.8 Å². The molecule has 0 amide bonds. The molecule has 0 saturated heterocycles. The van der Waals surface area contributed by atoms with E-state index in [4.69, 9.17) is 0 Å². The molecular weight excluding hydrogens is 300 g/mol. The molecule has 7 heteroatoms. The van der Waals surface area contributed by atoms with Crippen LogP contribution in [0.3, 0.4) is 0 Å². The van der Waals surface area contributed by atoms with Crippen LogP contribution in [0.1, 0.15) is 48.0 Å². The van der Waals surface area contributed by atoms with Crippen LogP contribution >= 0.6 is 0 Å². The molecular formula is C13H28O5S2. The zero-order valence-corrected chi connectivity index (χ0v) is 15.1. The van der Waals surface area contributed by atoms with Crippen LogP contribution in [0, 0.1) is 5.41 Å². The highest BCUT2D eigenvalue weighted by Crippen LogP contribution is 2.28. The second-order valence-electron chi connectivity index (χ2n) is 6.95. The topological polar surface area (TPSA) is 88.5 Å². The summed E-state index contributed by atoms with van der Waals surface area (Å²) in [5, 5.41) is 8.66. The lowest BCUT2D eigenvalue weighted by molar-refractivity contribution is 0.0561. The van der Waals surface area contributed by atoms with Gasteiger partial charge in [-0.15, -0.1) is 0 Å². The van der Waals surface area contributed by atoms with Crippen molar-refractivity contribution in [3.8, 4) is 0 Å². The van der Waals surface area contributed by atoms with Crippen LogP contribution in [0.2, 0.25) is 0 Å². The Morgan fingerprint density at radius 2 is 1.35 bits per heavy atom. The first-order valence-electron chi connectivity index (χ1n) is 6.64. The van der Waals surface area contributed by atoms with Gasteiger partial charge in [0.2, 0.25) is 0 Å². The SMILES string of the molecule is CC(C(C)(O)CCS(=O)(=O)C(C)C(C)(C)C)S(C)(=O)=O. The predicted octanol–water partition coefficient (Wildman–Crippen LogP) is 1.41. The lowest BCUT2D eigenvalue weighted by atomic mass is 9.93. The van der Waals surface area contributed by atoms with Crippen molar-refractivity contribution in [2.75, 3.05) is 12.0 Å². The summed E-state index contributed by atoms with van der Waals surface area (Å²) >= 11 is 0. The number of hydrogen-bond acceptors (Lipinski definition) is 5. The Kier molecular flexibility index (Phi) is 5.89. The van der Waals surface area contributed by atoms with Crippen LogP contribution in [-0.4, -0.2) is 50.1 Å². The van der Waals surface area contributed by atoms with E-state index in [1.54, 1.807) is 6.92 Å². The smallest absolute Gasteiger partial charge is 0.153 e. The third-order valence-electron chi connectivity index (χ3n) is 4.17. The maximum atomic E-state index is 12.2. The molecule has 0 aromatic carbocycles. The molecule has 0 bridgehead atoms. The zero-order chi connectivity index (χ0) is 16.6. The fraction of sp³-hybridized carbons (Fsp3) is 1.00. The van der Waals surface area contributed by atoms with Crippen molar-refractivity contribution in [3.05, 3.63) is 0 Å². The quantitative estimate of drug-likeness (QED) is 0.796. The monoisotopic (exact) mass is 328 g/mol. The zero-order valence-electron chi connectivity index (χ0n) is 13.5. The fourth-order valence-electron chi connectivity index (χ4n) is 1.73. The Morgan fingerprint density at radius 3 is 1.65 bits per heavy atom. The molecule has 0 spiro atoms. The lowest BCUT2D eigenvalue weighted by Gasteiger charge is -2.31. The summed E-state index contributed by atoms with van der Waals surface area (Å²) in [6.45, 7) is 9.93. The third kappa shape index (κ3) is 5.33. The molecule has 0 radical (unpaired) electrons. The number of aliphatic hydroxyl groups is 1. The molecule has 0 aliphatic carbocycles. The normalized spacial score (nSPS) is 20.2. The van der Waals surface area contributed by atoms with Crippen LogP contribution in [0.4, 0.5) is 0 Å². The number of rotatable bonds is 6. The minimum Gasteiger partial charge on any atom is -0.389 e. The summed E-state index contributed by atoms with van der Waals surface area (Å²) < 4.78 is 47.4. The van der Waals surface area contributed by atoms with Crippen molar-refractivity contribution in [3.63, 3.8) is 0 Å². The van der Waals surface area contributed by atoms with Gasteiger partial charge in [-0.2, -0.15) is 0 Å². The average molecular weight is 328 g/mol. The highest BCUT2D eigenvalue weighted by Gasteiger charge is 2.38. The summed E-state index contributed by atoms with van der Waals surface area (Å²) in [4.78, 5) is 0. The van der Waals surface area contributed by atoms with Crippen molar-refractivity contribution in [1.29, 1.82) is 0 Å². The van der Waals surface area contributed by atoms with E-state index in [-0.39, 0.29) is 12.2 Å². The summed E-state index contributed by atoms with van der Waals surface area (Å²) in [6.07, 6.45) is 0.947. The Balaban J connectivity index is 5.03. The molecule has 0 aromatic heterocycles. The molecule has 0 aliphatic rings. The van der Waals surface area contributed by atoms with Crippen LogP contribution < -0.4 is 0 Å². The van der Waals surface area contributed by atoms with Gasteiger partial charge in [-0.1, -0.05) is 20.8 Å². The van der Waals surface area contributed by atoms with Crippen LogP contribution in [0.5, 0.6) is 0 Å². The molecule has 20 heavy (non-hydrogen) atoms. The van der Waals surface area contributed by atoms with Gasteiger partial charge in [0.25, 0.3) is 0 Å². The van der Waals surface area contributed by atoms with E-state index < -0.39 is 41.2 Å². The molecule has 0 aliphatic heterocycles. The van der Waals surface area contributed by atoms with Crippen LogP contribution in [-0.2, 0) is 19.7 Å². The summed E-state index contributed by atoms with van der Waals surface area (Å²) in [5.41, 5.74) is -1.95. The van der Waals surface area contributed by atoms with Gasteiger partial charge in [0, 0.05) is 6.26 Å². The van der Waals surface area contributed by atoms with Crippen molar-refractivity contribution >= 4 is 19.7 Å². The fourth-order valence-corrected chi connectivity index (χ4v) is 4.90. The van der Waals surface area contributed by atoms with Crippen molar-refractivity contribution in [2.24, 2.45) is 5.41 Å². The Hall–Kier alpha value is -0.140. The number of hydrogen-bond donors (Lipinski definition) is 1. The third-order valence-corrected chi connectivity index (χ3v) is 8.52. The van der Waals surface area contributed by atoms with Gasteiger partial charge in [-0.05, 0) is 32.6 Å². The molecule has 1 N–H and O–H groups in total. The first-order chi connectivity index (χ1) is 8.52. The van der Waals surface area contributed by atoms with E-state index in [1.165, 1.54) is 13.8 Å². The second-order valence-corrected chi connectivity index (χ2v) is 11.8. The highest BCUT2D eigenvalue weighted by molar-refractivity contribution is 7.92. The van der Waals surface area contributed by atoms with Gasteiger partial charge in [0.05, 0.1) is 21.9 Å². The standard InChI is InChI=1S/C13H28O5S2/c1-10(12(3,4)5)20(17,18)9-8-13(6,14)11(2)19(7,15)16/h10-11,14H,8-9H2,1-7H3. The summed E-state index contributed by atoms with van der Waals surface area (Å²) in [6, 6.07) is 0. The summed E-state index contributed by atoms with van der Waals surface area (Å²) in [5.74, 6) is -0.224. The maximum absolute atomic E-state index is 12.2. The molecule has 3 atom stereocenters. The molecule has 0 aromatic rings. The molecule has 0 heterocycles.